The SMILES string of the molecule is Cn1cc(CC(=O)N2CCCC[C@@H]2c2nccs2)c2ccccc21. The van der Waals surface area contributed by atoms with Gasteiger partial charge in [-0.15, -0.1) is 11.3 Å². The summed E-state index contributed by atoms with van der Waals surface area (Å²) in [6.45, 7) is 0.841. The second-order valence-corrected chi connectivity index (χ2v) is 7.35. The van der Waals surface area contributed by atoms with E-state index in [0.29, 0.717) is 6.42 Å². The first-order valence-corrected chi connectivity index (χ1v) is 9.34. The molecule has 0 saturated carbocycles. The fraction of sp³-hybridized carbons (Fsp3) is 0.368. The molecule has 1 aromatic carbocycles. The van der Waals surface area contributed by atoms with E-state index in [4.69, 9.17) is 0 Å². The van der Waals surface area contributed by atoms with Crippen LogP contribution in [0.2, 0.25) is 0 Å². The third-order valence-corrected chi connectivity index (χ3v) is 5.76. The van der Waals surface area contributed by atoms with Crippen molar-refractivity contribution in [2.75, 3.05) is 6.54 Å². The third-order valence-electron chi connectivity index (χ3n) is 4.88. The van der Waals surface area contributed by atoms with Crippen LogP contribution in [0.25, 0.3) is 10.9 Å². The van der Waals surface area contributed by atoms with Gasteiger partial charge in [0.25, 0.3) is 0 Å². The van der Waals surface area contributed by atoms with E-state index >= 15 is 0 Å². The van der Waals surface area contributed by atoms with E-state index in [9.17, 15) is 4.79 Å². The van der Waals surface area contributed by atoms with Gasteiger partial charge in [0.2, 0.25) is 5.91 Å². The number of carbonyl (C=O) groups is 1. The summed E-state index contributed by atoms with van der Waals surface area (Å²) in [6, 6.07) is 8.43. The summed E-state index contributed by atoms with van der Waals surface area (Å²) >= 11 is 1.65. The van der Waals surface area contributed by atoms with Crippen LogP contribution in [-0.4, -0.2) is 26.9 Å². The molecule has 1 atom stereocenters. The maximum atomic E-state index is 13.0. The zero-order chi connectivity index (χ0) is 16.5. The van der Waals surface area contributed by atoms with Crippen LogP contribution in [0.3, 0.4) is 0 Å². The average Bonchev–Trinajstić information content (AvgIpc) is 3.24. The Balaban J connectivity index is 1.60. The Bertz CT molecular complexity index is 853. The molecular weight excluding hydrogens is 318 g/mol. The number of rotatable bonds is 3. The minimum absolute atomic E-state index is 0.154. The number of para-hydroxylation sites is 1. The van der Waals surface area contributed by atoms with Gasteiger partial charge in [-0.25, -0.2) is 4.98 Å². The topological polar surface area (TPSA) is 38.1 Å². The smallest absolute Gasteiger partial charge is 0.227 e. The molecule has 0 unspecified atom stereocenters. The number of piperidine rings is 1. The molecule has 24 heavy (non-hydrogen) atoms. The monoisotopic (exact) mass is 339 g/mol. The lowest BCUT2D eigenvalue weighted by atomic mass is 10.0. The number of likely N-dealkylation sites (tertiary alicyclic amines) is 1. The van der Waals surface area contributed by atoms with Crippen molar-refractivity contribution in [1.82, 2.24) is 14.5 Å². The van der Waals surface area contributed by atoms with Gasteiger partial charge in [-0.2, -0.15) is 0 Å². The number of thiazole rings is 1. The van der Waals surface area contributed by atoms with Gasteiger partial charge in [0.15, 0.2) is 0 Å². The maximum Gasteiger partial charge on any atom is 0.227 e. The van der Waals surface area contributed by atoms with Crippen LogP contribution in [0.15, 0.2) is 42.0 Å². The van der Waals surface area contributed by atoms with Crippen LogP contribution in [0, 0.1) is 0 Å². The molecule has 1 aliphatic rings. The normalized spacial score (nSPS) is 18.2. The summed E-state index contributed by atoms with van der Waals surface area (Å²) in [5.74, 6) is 0.214. The molecule has 3 aromatic rings. The van der Waals surface area contributed by atoms with Crippen molar-refractivity contribution in [3.8, 4) is 0 Å². The molecule has 0 spiro atoms. The molecule has 1 saturated heterocycles. The zero-order valence-corrected chi connectivity index (χ0v) is 14.6. The second-order valence-electron chi connectivity index (χ2n) is 6.43. The first-order chi connectivity index (χ1) is 11.7. The number of hydrogen-bond acceptors (Lipinski definition) is 3. The molecule has 0 N–H and O–H groups in total. The molecule has 2 aromatic heterocycles. The largest absolute Gasteiger partial charge is 0.350 e. The second kappa shape index (κ2) is 6.40. The van der Waals surface area contributed by atoms with E-state index in [1.807, 2.05) is 35.7 Å². The van der Waals surface area contributed by atoms with Crippen molar-refractivity contribution < 1.29 is 4.79 Å². The molecule has 1 aliphatic heterocycles. The highest BCUT2D eigenvalue weighted by molar-refractivity contribution is 7.09. The zero-order valence-electron chi connectivity index (χ0n) is 13.8. The minimum atomic E-state index is 0.154. The van der Waals surface area contributed by atoms with Crippen molar-refractivity contribution in [2.45, 2.75) is 31.7 Å². The highest BCUT2D eigenvalue weighted by Gasteiger charge is 2.29. The number of fused-ring (bicyclic) bond motifs is 1. The Labute approximate surface area is 145 Å². The molecule has 5 heteroatoms. The summed E-state index contributed by atoms with van der Waals surface area (Å²) < 4.78 is 2.10. The predicted molar refractivity (Wildman–Crippen MR) is 97.0 cm³/mol. The highest BCUT2D eigenvalue weighted by atomic mass is 32.1. The molecule has 1 amide bonds. The minimum Gasteiger partial charge on any atom is -0.350 e. The number of carbonyl (C=O) groups excluding carboxylic acids is 1. The van der Waals surface area contributed by atoms with Crippen molar-refractivity contribution in [1.29, 1.82) is 0 Å². The number of nitrogens with zero attached hydrogens (tertiary/aromatic N) is 3. The number of amides is 1. The Hall–Kier alpha value is -2.14. The first kappa shape index (κ1) is 15.4. The average molecular weight is 339 g/mol. The summed E-state index contributed by atoms with van der Waals surface area (Å²) in [5.41, 5.74) is 2.29. The van der Waals surface area contributed by atoms with E-state index < -0.39 is 0 Å². The van der Waals surface area contributed by atoms with Crippen molar-refractivity contribution >= 4 is 28.1 Å². The molecule has 0 radical (unpaired) electrons. The van der Waals surface area contributed by atoms with Crippen LogP contribution >= 0.6 is 11.3 Å². The van der Waals surface area contributed by atoms with E-state index in [-0.39, 0.29) is 11.9 Å². The highest BCUT2D eigenvalue weighted by Crippen LogP contribution is 2.33. The van der Waals surface area contributed by atoms with E-state index in [0.717, 1.165) is 30.0 Å². The van der Waals surface area contributed by atoms with E-state index in [1.165, 1.54) is 17.3 Å². The van der Waals surface area contributed by atoms with Crippen LogP contribution in [0.4, 0.5) is 0 Å². The quantitative estimate of drug-likeness (QED) is 0.725. The van der Waals surface area contributed by atoms with Crippen molar-refractivity contribution in [3.05, 3.63) is 52.6 Å². The van der Waals surface area contributed by atoms with Crippen LogP contribution in [-0.2, 0) is 18.3 Å². The summed E-state index contributed by atoms with van der Waals surface area (Å²) in [4.78, 5) is 19.5. The number of aryl methyl sites for hydroxylation is 1. The molecule has 0 bridgehead atoms. The number of hydrogen-bond donors (Lipinski definition) is 0. The Morgan fingerprint density at radius 3 is 3.04 bits per heavy atom. The van der Waals surface area contributed by atoms with Crippen LogP contribution in [0.1, 0.15) is 35.9 Å². The van der Waals surface area contributed by atoms with Gasteiger partial charge in [-0.1, -0.05) is 18.2 Å². The fourth-order valence-corrected chi connectivity index (χ4v) is 4.50. The van der Waals surface area contributed by atoms with Gasteiger partial charge in [0, 0.05) is 42.3 Å². The Kier molecular flexibility index (Phi) is 4.10. The predicted octanol–water partition coefficient (Wildman–Crippen LogP) is 3.93. The van der Waals surface area contributed by atoms with Gasteiger partial charge in [0.05, 0.1) is 12.5 Å². The third kappa shape index (κ3) is 2.73. The summed E-state index contributed by atoms with van der Waals surface area (Å²) in [5, 5.41) is 4.24. The molecule has 4 nitrogen and oxygen atoms in total. The molecule has 4 rings (SSSR count). The van der Waals surface area contributed by atoms with Crippen molar-refractivity contribution in [2.24, 2.45) is 7.05 Å². The Morgan fingerprint density at radius 1 is 1.33 bits per heavy atom. The molecule has 0 aliphatic carbocycles. The lowest BCUT2D eigenvalue weighted by molar-refractivity contribution is -0.134. The lowest BCUT2D eigenvalue weighted by Crippen LogP contribution is -2.39. The van der Waals surface area contributed by atoms with Crippen LogP contribution in [0.5, 0.6) is 0 Å². The summed E-state index contributed by atoms with van der Waals surface area (Å²) in [6.07, 6.45) is 7.66. The number of aromatic nitrogens is 2. The fourth-order valence-electron chi connectivity index (χ4n) is 3.72. The molecule has 124 valence electrons. The van der Waals surface area contributed by atoms with E-state index in [2.05, 4.69) is 27.9 Å². The van der Waals surface area contributed by atoms with Gasteiger partial charge in [-0.05, 0) is 30.9 Å². The molecule has 1 fully saturated rings. The Morgan fingerprint density at radius 2 is 2.21 bits per heavy atom. The number of benzene rings is 1. The molecule has 3 heterocycles. The van der Waals surface area contributed by atoms with Gasteiger partial charge < -0.3 is 9.47 Å². The lowest BCUT2D eigenvalue weighted by Gasteiger charge is -2.34. The summed E-state index contributed by atoms with van der Waals surface area (Å²) in [7, 11) is 2.04. The maximum absolute atomic E-state index is 13.0. The van der Waals surface area contributed by atoms with Gasteiger partial charge >= 0.3 is 0 Å². The van der Waals surface area contributed by atoms with E-state index in [1.54, 1.807) is 11.3 Å². The van der Waals surface area contributed by atoms with Crippen LogP contribution < -0.4 is 0 Å². The van der Waals surface area contributed by atoms with Gasteiger partial charge in [-0.3, -0.25) is 4.79 Å². The molecular formula is C19H21N3OS. The first-order valence-electron chi connectivity index (χ1n) is 8.46. The van der Waals surface area contributed by atoms with Gasteiger partial charge in [0.1, 0.15) is 5.01 Å². The standard InChI is InChI=1S/C19H21N3OS/c1-21-13-14(15-6-2-3-7-16(15)21)12-18(23)22-10-5-4-8-17(22)19-20-9-11-24-19/h2-3,6-7,9,11,13,17H,4-5,8,10,12H2,1H3/t17-/m1/s1. The van der Waals surface area contributed by atoms with Crippen molar-refractivity contribution in [3.63, 3.8) is 0 Å².